The molecule has 0 bridgehead atoms. The molecule has 19 heavy (non-hydrogen) atoms. The zero-order valence-corrected chi connectivity index (χ0v) is 11.8. The van der Waals surface area contributed by atoms with E-state index in [2.05, 4.69) is 13.8 Å². The first-order valence-electron chi connectivity index (χ1n) is 6.37. The lowest BCUT2D eigenvalue weighted by atomic mass is 9.93. The number of hydrogen-bond acceptors (Lipinski definition) is 3. The molecule has 2 aliphatic rings. The Bertz CT molecular complexity index is 468. The Kier molecular flexibility index (Phi) is 3.00. The van der Waals surface area contributed by atoms with Crippen LogP contribution in [0.1, 0.15) is 13.8 Å². The van der Waals surface area contributed by atoms with Crippen LogP contribution >= 0.6 is 11.6 Å². The van der Waals surface area contributed by atoms with E-state index in [-0.39, 0.29) is 11.2 Å². The molecule has 2 heterocycles. The molecular formula is C14H17ClFNO2. The van der Waals surface area contributed by atoms with Gasteiger partial charge in [0.15, 0.2) is 0 Å². The normalized spacial score (nSPS) is 24.3. The lowest BCUT2D eigenvalue weighted by Gasteiger charge is -2.54. The van der Waals surface area contributed by atoms with Crippen LogP contribution < -0.4 is 4.90 Å². The van der Waals surface area contributed by atoms with Crippen LogP contribution in [0.15, 0.2) is 18.2 Å². The minimum Gasteiger partial charge on any atom is -0.360 e. The summed E-state index contributed by atoms with van der Waals surface area (Å²) in [7, 11) is 0. The highest BCUT2D eigenvalue weighted by molar-refractivity contribution is 6.30. The Labute approximate surface area is 117 Å². The number of hydrogen-bond donors (Lipinski definition) is 0. The van der Waals surface area contributed by atoms with Crippen molar-refractivity contribution in [2.75, 3.05) is 31.2 Å². The Morgan fingerprint density at radius 2 is 1.79 bits per heavy atom. The molecule has 0 amide bonds. The van der Waals surface area contributed by atoms with E-state index in [9.17, 15) is 4.39 Å². The van der Waals surface area contributed by atoms with Crippen molar-refractivity contribution >= 4 is 17.3 Å². The summed E-state index contributed by atoms with van der Waals surface area (Å²) in [6.07, 6.45) is 0. The van der Waals surface area contributed by atoms with E-state index < -0.39 is 5.79 Å². The van der Waals surface area contributed by atoms with Crippen LogP contribution in [0.5, 0.6) is 0 Å². The van der Waals surface area contributed by atoms with Gasteiger partial charge in [-0.2, -0.15) is 0 Å². The van der Waals surface area contributed by atoms with Crippen molar-refractivity contribution in [3.05, 3.63) is 29.0 Å². The quantitative estimate of drug-likeness (QED) is 0.791. The summed E-state index contributed by atoms with van der Waals surface area (Å²) in [5, 5.41) is 0.405. The first kappa shape index (κ1) is 13.2. The Morgan fingerprint density at radius 1 is 1.16 bits per heavy atom. The van der Waals surface area contributed by atoms with Gasteiger partial charge in [0.1, 0.15) is 5.82 Å². The fraction of sp³-hybridized carbons (Fsp3) is 0.571. The van der Waals surface area contributed by atoms with Crippen molar-refractivity contribution in [3.63, 3.8) is 0 Å². The molecule has 0 saturated carbocycles. The Morgan fingerprint density at radius 3 is 2.37 bits per heavy atom. The maximum absolute atomic E-state index is 13.3. The van der Waals surface area contributed by atoms with Crippen molar-refractivity contribution in [2.24, 2.45) is 5.41 Å². The molecule has 0 aromatic heterocycles. The molecule has 3 nitrogen and oxygen atoms in total. The minimum atomic E-state index is -0.520. The van der Waals surface area contributed by atoms with Gasteiger partial charge in [-0.25, -0.2) is 4.39 Å². The second kappa shape index (κ2) is 4.33. The average Bonchev–Trinajstić information content (AvgIpc) is 2.25. The fourth-order valence-electron chi connectivity index (χ4n) is 2.36. The molecule has 104 valence electrons. The number of rotatable bonds is 1. The first-order chi connectivity index (χ1) is 8.88. The van der Waals surface area contributed by atoms with Gasteiger partial charge in [-0.15, -0.1) is 0 Å². The van der Waals surface area contributed by atoms with Crippen molar-refractivity contribution in [1.29, 1.82) is 0 Å². The summed E-state index contributed by atoms with van der Waals surface area (Å²) in [6.45, 7) is 6.83. The Hall–Kier alpha value is -0.840. The van der Waals surface area contributed by atoms with Gasteiger partial charge in [-0.1, -0.05) is 25.4 Å². The van der Waals surface area contributed by atoms with Gasteiger partial charge in [0.2, 0.25) is 5.79 Å². The predicted octanol–water partition coefficient (Wildman–Crippen LogP) is 3.07. The van der Waals surface area contributed by atoms with Crippen molar-refractivity contribution in [2.45, 2.75) is 19.6 Å². The first-order valence-corrected chi connectivity index (χ1v) is 6.74. The molecule has 3 rings (SSSR count). The third kappa shape index (κ3) is 2.57. The topological polar surface area (TPSA) is 21.7 Å². The number of ether oxygens (including phenoxy) is 2. The molecule has 0 radical (unpaired) electrons. The highest BCUT2D eigenvalue weighted by Gasteiger charge is 2.50. The van der Waals surface area contributed by atoms with E-state index in [1.165, 1.54) is 12.1 Å². The van der Waals surface area contributed by atoms with Gasteiger partial charge in [-0.05, 0) is 18.2 Å². The smallest absolute Gasteiger partial charge is 0.203 e. The molecule has 1 spiro atoms. The zero-order chi connectivity index (χ0) is 13.7. The summed E-state index contributed by atoms with van der Waals surface area (Å²) in [5.74, 6) is -0.844. The number of anilines is 1. The van der Waals surface area contributed by atoms with Crippen LogP contribution in [0.3, 0.4) is 0 Å². The van der Waals surface area contributed by atoms with E-state index in [1.807, 2.05) is 4.90 Å². The van der Waals surface area contributed by atoms with Crippen molar-refractivity contribution < 1.29 is 13.9 Å². The van der Waals surface area contributed by atoms with E-state index >= 15 is 0 Å². The molecule has 2 aliphatic heterocycles. The Balaban J connectivity index is 1.67. The molecule has 0 atom stereocenters. The summed E-state index contributed by atoms with van der Waals surface area (Å²) in [6, 6.07) is 4.53. The molecule has 2 saturated heterocycles. The van der Waals surface area contributed by atoms with Gasteiger partial charge in [0.25, 0.3) is 0 Å². The second-order valence-electron chi connectivity index (χ2n) is 6.14. The molecule has 2 fully saturated rings. The van der Waals surface area contributed by atoms with Crippen molar-refractivity contribution in [3.8, 4) is 0 Å². The number of benzene rings is 1. The highest BCUT2D eigenvalue weighted by Crippen LogP contribution is 2.38. The predicted molar refractivity (Wildman–Crippen MR) is 72.0 cm³/mol. The number of nitrogens with zero attached hydrogens (tertiary/aromatic N) is 1. The van der Waals surface area contributed by atoms with Crippen molar-refractivity contribution in [1.82, 2.24) is 0 Å². The fourth-order valence-corrected chi connectivity index (χ4v) is 2.58. The third-order valence-electron chi connectivity index (χ3n) is 3.53. The number of halogens is 2. The van der Waals surface area contributed by atoms with Gasteiger partial charge in [0, 0.05) is 16.1 Å². The largest absolute Gasteiger partial charge is 0.360 e. The van der Waals surface area contributed by atoms with E-state index in [1.54, 1.807) is 6.07 Å². The molecular weight excluding hydrogens is 269 g/mol. The standard InChI is InChI=1S/C14H17ClFNO2/c1-13(2)8-18-14(19-9-13)6-17(7-14)12-4-10(15)3-11(16)5-12/h3-5H,6-9H2,1-2H3. The summed E-state index contributed by atoms with van der Waals surface area (Å²) < 4.78 is 25.0. The molecule has 0 N–H and O–H groups in total. The lowest BCUT2D eigenvalue weighted by molar-refractivity contribution is -0.307. The monoisotopic (exact) mass is 285 g/mol. The molecule has 5 heteroatoms. The highest BCUT2D eigenvalue weighted by atomic mass is 35.5. The average molecular weight is 286 g/mol. The summed E-state index contributed by atoms with van der Waals surface area (Å²) >= 11 is 5.86. The van der Waals surface area contributed by atoms with Crippen LogP contribution in [0.25, 0.3) is 0 Å². The van der Waals surface area contributed by atoms with E-state index in [0.29, 0.717) is 31.3 Å². The lowest BCUT2D eigenvalue weighted by Crippen LogP contribution is -2.68. The van der Waals surface area contributed by atoms with Crippen LogP contribution in [0, 0.1) is 11.2 Å². The second-order valence-corrected chi connectivity index (χ2v) is 6.57. The minimum absolute atomic E-state index is 0.0633. The van der Waals surface area contributed by atoms with E-state index in [0.717, 1.165) is 5.69 Å². The molecule has 1 aromatic rings. The van der Waals surface area contributed by atoms with Gasteiger partial charge < -0.3 is 14.4 Å². The van der Waals surface area contributed by atoms with Crippen LogP contribution in [0.2, 0.25) is 5.02 Å². The van der Waals surface area contributed by atoms with Gasteiger partial charge in [-0.3, -0.25) is 0 Å². The SMILES string of the molecule is CC1(C)COC2(CN(c3cc(F)cc(Cl)c3)C2)OC1. The molecule has 1 aromatic carbocycles. The maximum atomic E-state index is 13.3. The summed E-state index contributed by atoms with van der Waals surface area (Å²) in [4.78, 5) is 2.01. The van der Waals surface area contributed by atoms with Gasteiger partial charge in [0.05, 0.1) is 26.3 Å². The van der Waals surface area contributed by atoms with E-state index in [4.69, 9.17) is 21.1 Å². The van der Waals surface area contributed by atoms with Crippen LogP contribution in [-0.2, 0) is 9.47 Å². The zero-order valence-electron chi connectivity index (χ0n) is 11.1. The molecule has 0 aliphatic carbocycles. The van der Waals surface area contributed by atoms with Crippen LogP contribution in [-0.4, -0.2) is 32.1 Å². The van der Waals surface area contributed by atoms with Gasteiger partial charge >= 0.3 is 0 Å². The molecule has 0 unspecified atom stereocenters. The third-order valence-corrected chi connectivity index (χ3v) is 3.75. The van der Waals surface area contributed by atoms with Crippen LogP contribution in [0.4, 0.5) is 10.1 Å². The maximum Gasteiger partial charge on any atom is 0.203 e. The summed E-state index contributed by atoms with van der Waals surface area (Å²) in [5.41, 5.74) is 0.834.